The number of piperidine rings is 1. The fourth-order valence-electron chi connectivity index (χ4n) is 4.10. The number of aromatic nitrogens is 3. The van der Waals surface area contributed by atoms with E-state index in [0.29, 0.717) is 5.82 Å². The van der Waals surface area contributed by atoms with E-state index in [1.165, 1.54) is 4.68 Å². The first-order valence-electron chi connectivity index (χ1n) is 10.4. The summed E-state index contributed by atoms with van der Waals surface area (Å²) in [6.07, 6.45) is 2.45. The minimum atomic E-state index is -0.379. The third-order valence-electron chi connectivity index (χ3n) is 5.58. The Hall–Kier alpha value is -2.94. The van der Waals surface area contributed by atoms with E-state index in [2.05, 4.69) is 21.5 Å². The number of H-pyrrole nitrogens is 1. The molecule has 0 unspecified atom stereocenters. The fraction of sp³-hybridized carbons (Fsp3) is 0.524. The predicted molar refractivity (Wildman–Crippen MR) is 109 cm³/mol. The summed E-state index contributed by atoms with van der Waals surface area (Å²) in [5.74, 6) is 0.632. The van der Waals surface area contributed by atoms with Gasteiger partial charge in [0.1, 0.15) is 11.9 Å². The van der Waals surface area contributed by atoms with E-state index in [-0.39, 0.29) is 49.5 Å². The molecule has 2 saturated heterocycles. The molecule has 160 valence electrons. The van der Waals surface area contributed by atoms with Crippen LogP contribution in [0.2, 0.25) is 0 Å². The van der Waals surface area contributed by atoms with Crippen LogP contribution >= 0.6 is 0 Å². The lowest BCUT2D eigenvalue weighted by atomic mass is 10.0. The van der Waals surface area contributed by atoms with Gasteiger partial charge in [-0.25, -0.2) is 9.48 Å². The Morgan fingerprint density at radius 3 is 2.47 bits per heavy atom. The Kier molecular flexibility index (Phi) is 5.72. The molecule has 0 atom stereocenters. The zero-order chi connectivity index (χ0) is 21.3. The van der Waals surface area contributed by atoms with Gasteiger partial charge in [-0.3, -0.25) is 19.5 Å². The molecule has 2 fully saturated rings. The topological polar surface area (TPSA) is 109 Å². The number of aromatic amines is 1. The molecule has 0 saturated carbocycles. The zero-order valence-electron chi connectivity index (χ0n) is 17.4. The Morgan fingerprint density at radius 2 is 1.77 bits per heavy atom. The molecule has 3 heterocycles. The van der Waals surface area contributed by atoms with Crippen LogP contribution in [0.4, 0.5) is 0 Å². The van der Waals surface area contributed by atoms with Gasteiger partial charge >= 0.3 is 5.69 Å². The molecule has 30 heavy (non-hydrogen) atoms. The van der Waals surface area contributed by atoms with E-state index < -0.39 is 0 Å². The number of carbonyl (C=O) groups excluding carboxylic acids is 2. The maximum Gasteiger partial charge on any atom is 0.343 e. The Bertz CT molecular complexity index is 1000. The van der Waals surface area contributed by atoms with Crippen molar-refractivity contribution in [3.63, 3.8) is 0 Å². The van der Waals surface area contributed by atoms with Crippen LogP contribution in [0.3, 0.4) is 0 Å². The highest BCUT2D eigenvalue weighted by molar-refractivity contribution is 6.01. The van der Waals surface area contributed by atoms with Crippen molar-refractivity contribution in [3.05, 3.63) is 45.1 Å². The molecule has 9 heteroatoms. The van der Waals surface area contributed by atoms with Crippen molar-refractivity contribution < 1.29 is 14.3 Å². The quantitative estimate of drug-likeness (QED) is 0.685. The number of nitrogens with one attached hydrogen (secondary N) is 2. The molecule has 0 spiro atoms. The van der Waals surface area contributed by atoms with E-state index in [0.717, 1.165) is 53.3 Å². The van der Waals surface area contributed by atoms with Crippen LogP contribution in [0.1, 0.15) is 48.2 Å². The first kappa shape index (κ1) is 20.3. The standard InChI is InChI=1S/C21H27N5O4/c1-13-9-14(2)20(30-16-5-7-22-8-6-16)15(10-13)11-26-21(29)23-17(24-26)12-25-18(27)3-4-19(25)28/h9-10,16,22H,3-8,11-12H2,1-2H3,(H,23,24,29). The van der Waals surface area contributed by atoms with Crippen molar-refractivity contribution in [2.24, 2.45) is 0 Å². The highest BCUT2D eigenvalue weighted by Gasteiger charge is 2.30. The van der Waals surface area contributed by atoms with E-state index in [1.54, 1.807) is 0 Å². The summed E-state index contributed by atoms with van der Waals surface area (Å²) in [5, 5.41) is 7.65. The van der Waals surface area contributed by atoms with Crippen molar-refractivity contribution in [2.75, 3.05) is 13.1 Å². The highest BCUT2D eigenvalue weighted by atomic mass is 16.5. The lowest BCUT2D eigenvalue weighted by Gasteiger charge is -2.26. The van der Waals surface area contributed by atoms with E-state index in [1.807, 2.05) is 19.9 Å². The molecule has 0 bridgehead atoms. The molecule has 2 aromatic rings. The molecule has 1 aromatic heterocycles. The summed E-state index contributed by atoms with van der Waals surface area (Å²) in [6, 6.07) is 4.08. The molecule has 2 aliphatic rings. The molecule has 4 rings (SSSR count). The largest absolute Gasteiger partial charge is 0.490 e. The average molecular weight is 413 g/mol. The third-order valence-corrected chi connectivity index (χ3v) is 5.58. The summed E-state index contributed by atoms with van der Waals surface area (Å²) in [5.41, 5.74) is 2.62. The van der Waals surface area contributed by atoms with Crippen LogP contribution in [-0.2, 0) is 22.7 Å². The van der Waals surface area contributed by atoms with Crippen LogP contribution in [0, 0.1) is 13.8 Å². The molecule has 2 amide bonds. The summed E-state index contributed by atoms with van der Waals surface area (Å²) >= 11 is 0. The monoisotopic (exact) mass is 413 g/mol. The van der Waals surface area contributed by atoms with Crippen LogP contribution in [-0.4, -0.2) is 50.7 Å². The molecule has 9 nitrogen and oxygen atoms in total. The number of ether oxygens (including phenoxy) is 1. The maximum absolute atomic E-state index is 12.5. The number of aryl methyl sites for hydroxylation is 2. The first-order chi connectivity index (χ1) is 14.4. The van der Waals surface area contributed by atoms with Gasteiger partial charge in [0.25, 0.3) is 0 Å². The second kappa shape index (κ2) is 8.43. The molecule has 2 N–H and O–H groups in total. The second-order valence-corrected chi connectivity index (χ2v) is 8.05. The Labute approximate surface area is 174 Å². The van der Waals surface area contributed by atoms with Crippen molar-refractivity contribution in [1.29, 1.82) is 0 Å². The summed E-state index contributed by atoms with van der Waals surface area (Å²) < 4.78 is 7.66. The summed E-state index contributed by atoms with van der Waals surface area (Å²) in [6.45, 7) is 6.12. The third kappa shape index (κ3) is 4.30. The maximum atomic E-state index is 12.5. The van der Waals surface area contributed by atoms with Gasteiger partial charge in [0.05, 0.1) is 13.1 Å². The van der Waals surface area contributed by atoms with Gasteiger partial charge in [-0.2, -0.15) is 5.10 Å². The van der Waals surface area contributed by atoms with Crippen molar-refractivity contribution in [2.45, 2.75) is 58.7 Å². The Balaban J connectivity index is 1.56. The van der Waals surface area contributed by atoms with Gasteiger partial charge < -0.3 is 10.1 Å². The van der Waals surface area contributed by atoms with Crippen LogP contribution < -0.4 is 15.7 Å². The molecular weight excluding hydrogens is 386 g/mol. The number of hydrogen-bond donors (Lipinski definition) is 2. The van der Waals surface area contributed by atoms with Gasteiger partial charge in [0.2, 0.25) is 11.8 Å². The molecule has 0 radical (unpaired) electrons. The molecule has 1 aromatic carbocycles. The Morgan fingerprint density at radius 1 is 1.07 bits per heavy atom. The molecule has 0 aliphatic carbocycles. The SMILES string of the molecule is Cc1cc(C)c(OC2CCNCC2)c(Cn2nc(CN3C(=O)CCC3=O)[nH]c2=O)c1. The van der Waals surface area contributed by atoms with Crippen molar-refractivity contribution >= 4 is 11.8 Å². The molecule has 2 aliphatic heterocycles. The number of likely N-dealkylation sites (tertiary alicyclic amines) is 1. The fourth-order valence-corrected chi connectivity index (χ4v) is 4.10. The number of rotatable bonds is 6. The lowest BCUT2D eigenvalue weighted by molar-refractivity contribution is -0.139. The average Bonchev–Trinajstić information content (AvgIpc) is 3.21. The number of imide groups is 1. The number of hydrogen-bond acceptors (Lipinski definition) is 6. The smallest absolute Gasteiger partial charge is 0.343 e. The molecular formula is C21H27N5O4. The van der Waals surface area contributed by atoms with Crippen LogP contribution in [0.5, 0.6) is 5.75 Å². The summed E-state index contributed by atoms with van der Waals surface area (Å²) in [7, 11) is 0. The number of carbonyl (C=O) groups is 2. The normalized spacial score (nSPS) is 17.7. The van der Waals surface area contributed by atoms with Crippen LogP contribution in [0.25, 0.3) is 0 Å². The predicted octanol–water partition coefficient (Wildman–Crippen LogP) is 1.02. The number of benzene rings is 1. The van der Waals surface area contributed by atoms with E-state index >= 15 is 0 Å². The van der Waals surface area contributed by atoms with Crippen LogP contribution in [0.15, 0.2) is 16.9 Å². The highest BCUT2D eigenvalue weighted by Crippen LogP contribution is 2.28. The minimum Gasteiger partial charge on any atom is -0.490 e. The van der Waals surface area contributed by atoms with Crippen molar-refractivity contribution in [3.8, 4) is 5.75 Å². The number of amides is 2. The summed E-state index contributed by atoms with van der Waals surface area (Å²) in [4.78, 5) is 39.9. The van der Waals surface area contributed by atoms with Gasteiger partial charge in [-0.1, -0.05) is 17.7 Å². The van der Waals surface area contributed by atoms with Gasteiger partial charge in [0.15, 0.2) is 5.82 Å². The van der Waals surface area contributed by atoms with Gasteiger partial charge in [-0.05, 0) is 45.3 Å². The van der Waals surface area contributed by atoms with Gasteiger partial charge in [-0.15, -0.1) is 0 Å². The first-order valence-corrected chi connectivity index (χ1v) is 10.4. The number of nitrogens with zero attached hydrogens (tertiary/aromatic N) is 3. The van der Waals surface area contributed by atoms with E-state index in [9.17, 15) is 14.4 Å². The lowest BCUT2D eigenvalue weighted by Crippen LogP contribution is -2.34. The minimum absolute atomic E-state index is 0.00875. The second-order valence-electron chi connectivity index (χ2n) is 8.05. The zero-order valence-corrected chi connectivity index (χ0v) is 17.4. The van der Waals surface area contributed by atoms with Crippen molar-refractivity contribution in [1.82, 2.24) is 25.0 Å². The van der Waals surface area contributed by atoms with E-state index in [4.69, 9.17) is 4.74 Å². The van der Waals surface area contributed by atoms with Gasteiger partial charge in [0, 0.05) is 18.4 Å².